The summed E-state index contributed by atoms with van der Waals surface area (Å²) >= 11 is 0. The van der Waals surface area contributed by atoms with Gasteiger partial charge < -0.3 is 5.73 Å². The van der Waals surface area contributed by atoms with Crippen LogP contribution in [0.25, 0.3) is 0 Å². The van der Waals surface area contributed by atoms with E-state index in [1.165, 1.54) is 12.8 Å². The van der Waals surface area contributed by atoms with Crippen LogP contribution in [0.15, 0.2) is 0 Å². The molecule has 1 atom stereocenters. The van der Waals surface area contributed by atoms with E-state index in [0.717, 1.165) is 5.92 Å². The summed E-state index contributed by atoms with van der Waals surface area (Å²) in [6.45, 7) is 6.67. The van der Waals surface area contributed by atoms with E-state index >= 15 is 0 Å². The molecule has 0 bridgehead atoms. The molecule has 0 amide bonds. The van der Waals surface area contributed by atoms with E-state index in [4.69, 9.17) is 0 Å². The van der Waals surface area contributed by atoms with E-state index in [2.05, 4.69) is 26.5 Å². The second-order valence-electron chi connectivity index (χ2n) is 3.08. The Morgan fingerprint density at radius 2 is 1.62 bits per heavy atom. The summed E-state index contributed by atoms with van der Waals surface area (Å²) in [6, 6.07) is 0.636. The lowest BCUT2D eigenvalue weighted by molar-refractivity contribution is -0.415. The van der Waals surface area contributed by atoms with Gasteiger partial charge in [-0.05, 0) is 25.7 Å². The Morgan fingerprint density at radius 3 is 1.75 bits per heavy atom. The zero-order valence-corrected chi connectivity index (χ0v) is 6.28. The molecule has 0 saturated carbocycles. The highest BCUT2D eigenvalue weighted by Crippen LogP contribution is 2.03. The van der Waals surface area contributed by atoms with Gasteiger partial charge in [-0.15, -0.1) is 0 Å². The highest BCUT2D eigenvalue weighted by molar-refractivity contribution is 4.48. The van der Waals surface area contributed by atoms with Gasteiger partial charge in [0.15, 0.2) is 0 Å². The molecule has 0 fully saturated rings. The van der Waals surface area contributed by atoms with Gasteiger partial charge in [0.1, 0.15) is 0 Å². The third-order valence-corrected chi connectivity index (χ3v) is 1.24. The standard InChI is InChI=1S/C7H17N/c1-6(2)4-5-7(3)8/h6-7H,4-5,8H2,1-3H3/p+1. The van der Waals surface area contributed by atoms with Gasteiger partial charge in [-0.3, -0.25) is 0 Å². The van der Waals surface area contributed by atoms with Crippen LogP contribution < -0.4 is 5.73 Å². The van der Waals surface area contributed by atoms with E-state index in [-0.39, 0.29) is 0 Å². The minimum atomic E-state index is 0.636. The van der Waals surface area contributed by atoms with Gasteiger partial charge in [-0.1, -0.05) is 13.8 Å². The quantitative estimate of drug-likeness (QED) is 0.571. The van der Waals surface area contributed by atoms with Gasteiger partial charge in [-0.2, -0.15) is 0 Å². The van der Waals surface area contributed by atoms with Crippen molar-refractivity contribution >= 4 is 0 Å². The van der Waals surface area contributed by atoms with Crippen LogP contribution >= 0.6 is 0 Å². The molecule has 0 aliphatic rings. The van der Waals surface area contributed by atoms with Crippen LogP contribution in [0, 0.1) is 5.92 Å². The minimum absolute atomic E-state index is 0.636. The van der Waals surface area contributed by atoms with Crippen LogP contribution in [-0.2, 0) is 0 Å². The van der Waals surface area contributed by atoms with Crippen LogP contribution in [0.2, 0.25) is 0 Å². The average Bonchev–Trinajstić information content (AvgIpc) is 1.61. The van der Waals surface area contributed by atoms with Crippen molar-refractivity contribution in [3.05, 3.63) is 0 Å². The van der Waals surface area contributed by atoms with E-state index in [9.17, 15) is 0 Å². The smallest absolute Gasteiger partial charge is 0.0815 e. The zero-order chi connectivity index (χ0) is 6.57. The van der Waals surface area contributed by atoms with Gasteiger partial charge in [0.2, 0.25) is 0 Å². The topological polar surface area (TPSA) is 27.6 Å². The highest BCUT2D eigenvalue weighted by Gasteiger charge is 1.98. The minimum Gasteiger partial charge on any atom is -0.355 e. The monoisotopic (exact) mass is 116 g/mol. The average molecular weight is 116 g/mol. The van der Waals surface area contributed by atoms with Crippen LogP contribution in [0.5, 0.6) is 0 Å². The first-order valence-electron chi connectivity index (χ1n) is 3.46. The molecule has 0 aromatic rings. The van der Waals surface area contributed by atoms with Crippen LogP contribution in [0.1, 0.15) is 33.6 Å². The summed E-state index contributed by atoms with van der Waals surface area (Å²) in [5.41, 5.74) is 3.91. The molecular formula is C7H18N+. The summed E-state index contributed by atoms with van der Waals surface area (Å²) in [4.78, 5) is 0. The fourth-order valence-corrected chi connectivity index (χ4v) is 0.618. The molecule has 0 aromatic heterocycles. The van der Waals surface area contributed by atoms with Gasteiger partial charge in [0.25, 0.3) is 0 Å². The van der Waals surface area contributed by atoms with Gasteiger partial charge in [0.05, 0.1) is 6.04 Å². The molecule has 8 heavy (non-hydrogen) atoms. The summed E-state index contributed by atoms with van der Waals surface area (Å²) in [6.07, 6.45) is 2.60. The third kappa shape index (κ3) is 5.96. The van der Waals surface area contributed by atoms with Crippen molar-refractivity contribution in [1.29, 1.82) is 0 Å². The molecule has 0 saturated heterocycles. The summed E-state index contributed by atoms with van der Waals surface area (Å²) in [5.74, 6) is 0.846. The van der Waals surface area contributed by atoms with Gasteiger partial charge in [-0.25, -0.2) is 0 Å². The van der Waals surface area contributed by atoms with Crippen LogP contribution in [-0.4, -0.2) is 6.04 Å². The molecule has 1 unspecified atom stereocenters. The first kappa shape index (κ1) is 7.96. The third-order valence-electron chi connectivity index (χ3n) is 1.24. The first-order chi connectivity index (χ1) is 3.63. The Hall–Kier alpha value is -0.0400. The lowest BCUT2D eigenvalue weighted by Gasteiger charge is -2.03. The second kappa shape index (κ2) is 3.90. The van der Waals surface area contributed by atoms with Crippen molar-refractivity contribution < 1.29 is 5.73 Å². The van der Waals surface area contributed by atoms with Crippen molar-refractivity contribution in [2.45, 2.75) is 39.7 Å². The second-order valence-corrected chi connectivity index (χ2v) is 3.08. The molecule has 1 nitrogen and oxygen atoms in total. The Bertz CT molecular complexity index is 40.3. The van der Waals surface area contributed by atoms with Crippen molar-refractivity contribution in [2.75, 3.05) is 0 Å². The van der Waals surface area contributed by atoms with E-state index < -0.39 is 0 Å². The van der Waals surface area contributed by atoms with Crippen LogP contribution in [0.4, 0.5) is 0 Å². The maximum Gasteiger partial charge on any atom is 0.0815 e. The molecule has 0 rings (SSSR count). The lowest BCUT2D eigenvalue weighted by Crippen LogP contribution is -2.58. The SMILES string of the molecule is CC(C)CCC(C)[NH3+]. The number of hydrogen-bond acceptors (Lipinski definition) is 0. The summed E-state index contributed by atoms with van der Waals surface area (Å²) in [7, 11) is 0. The molecule has 3 N–H and O–H groups in total. The van der Waals surface area contributed by atoms with Crippen molar-refractivity contribution in [2.24, 2.45) is 5.92 Å². The molecule has 0 radical (unpaired) electrons. The Labute approximate surface area is 52.3 Å². The Balaban J connectivity index is 2.93. The molecule has 0 heterocycles. The number of hydrogen-bond donors (Lipinski definition) is 1. The Kier molecular flexibility index (Phi) is 3.88. The van der Waals surface area contributed by atoms with E-state index in [0.29, 0.717) is 6.04 Å². The molecule has 0 aliphatic carbocycles. The maximum absolute atomic E-state index is 3.91. The summed E-state index contributed by atoms with van der Waals surface area (Å²) in [5, 5.41) is 0. The van der Waals surface area contributed by atoms with E-state index in [1.54, 1.807) is 0 Å². The fourth-order valence-electron chi connectivity index (χ4n) is 0.618. The van der Waals surface area contributed by atoms with Gasteiger partial charge in [0, 0.05) is 0 Å². The lowest BCUT2D eigenvalue weighted by atomic mass is 10.1. The maximum atomic E-state index is 3.91. The van der Waals surface area contributed by atoms with Crippen LogP contribution in [0.3, 0.4) is 0 Å². The molecule has 0 spiro atoms. The number of quaternary nitrogens is 1. The molecule has 1 heteroatoms. The van der Waals surface area contributed by atoms with E-state index in [1.807, 2.05) is 0 Å². The van der Waals surface area contributed by atoms with Crippen molar-refractivity contribution in [1.82, 2.24) is 0 Å². The van der Waals surface area contributed by atoms with Crippen molar-refractivity contribution in [3.63, 3.8) is 0 Å². The first-order valence-corrected chi connectivity index (χ1v) is 3.46. The molecule has 0 aliphatic heterocycles. The largest absolute Gasteiger partial charge is 0.355 e. The predicted molar refractivity (Wildman–Crippen MR) is 36.4 cm³/mol. The Morgan fingerprint density at radius 1 is 1.12 bits per heavy atom. The van der Waals surface area contributed by atoms with Crippen molar-refractivity contribution in [3.8, 4) is 0 Å². The molecular weight excluding hydrogens is 98.1 g/mol. The number of rotatable bonds is 3. The molecule has 0 aromatic carbocycles. The molecule has 50 valence electrons. The predicted octanol–water partition coefficient (Wildman–Crippen LogP) is 1.05. The zero-order valence-electron chi connectivity index (χ0n) is 6.28. The van der Waals surface area contributed by atoms with Gasteiger partial charge >= 0.3 is 0 Å². The summed E-state index contributed by atoms with van der Waals surface area (Å²) < 4.78 is 0. The normalized spacial score (nSPS) is 14.6. The highest BCUT2D eigenvalue weighted by atomic mass is 14.6. The fraction of sp³-hybridized carbons (Fsp3) is 1.00.